The molecule has 3 saturated carbocycles. The zero-order chi connectivity index (χ0) is 22.1. The van der Waals surface area contributed by atoms with Gasteiger partial charge >= 0.3 is 0 Å². The minimum atomic E-state index is -0.110. The number of carbonyl (C=O) groups excluding carboxylic acids is 1. The molecule has 0 radical (unpaired) electrons. The fourth-order valence-corrected chi connectivity index (χ4v) is 8.26. The highest BCUT2D eigenvalue weighted by Gasteiger charge is 2.60. The van der Waals surface area contributed by atoms with Gasteiger partial charge in [0.25, 0.3) is 0 Å². The van der Waals surface area contributed by atoms with E-state index >= 15 is 0 Å². The third kappa shape index (κ3) is 4.29. The van der Waals surface area contributed by atoms with Crippen molar-refractivity contribution in [2.24, 2.45) is 34.5 Å². The SMILES string of the molecule is CCOC(C)OCCCC[C@H]1CC[C@H]2[C@@H]3CCC4=CC(=O)CC[C@]4(C)[C@H]3CC[C@]12CO. The lowest BCUT2D eigenvalue weighted by molar-refractivity contribution is -0.128. The van der Waals surface area contributed by atoms with Gasteiger partial charge in [-0.05, 0) is 112 Å². The molecule has 0 spiro atoms. The molecule has 1 N–H and O–H groups in total. The van der Waals surface area contributed by atoms with Gasteiger partial charge in [0.1, 0.15) is 0 Å². The summed E-state index contributed by atoms with van der Waals surface area (Å²) in [4.78, 5) is 12.0. The van der Waals surface area contributed by atoms with Crippen molar-refractivity contribution < 1.29 is 19.4 Å². The molecule has 4 aliphatic carbocycles. The summed E-state index contributed by atoms with van der Waals surface area (Å²) in [5.41, 5.74) is 1.81. The number of hydrogen-bond acceptors (Lipinski definition) is 4. The van der Waals surface area contributed by atoms with E-state index < -0.39 is 0 Å². The number of fused-ring (bicyclic) bond motifs is 5. The maximum absolute atomic E-state index is 12.0. The normalized spacial score (nSPS) is 40.6. The third-order valence-corrected chi connectivity index (χ3v) is 9.85. The zero-order valence-electron chi connectivity index (χ0n) is 20.0. The standard InChI is InChI=1S/C27H44O4/c1-4-30-19(2)31-16-6-5-7-20-9-11-25-23-10-8-21-17-22(29)12-14-26(21,3)24(23)13-15-27(20,25)18-28/h17,19-20,23-25,28H,4-16,18H2,1-3H3/t19?,20-,23+,24-,25-,26-,27-/m0/s1. The molecule has 176 valence electrons. The van der Waals surface area contributed by atoms with E-state index in [9.17, 15) is 9.90 Å². The molecule has 0 amide bonds. The molecular weight excluding hydrogens is 388 g/mol. The predicted molar refractivity (Wildman–Crippen MR) is 123 cm³/mol. The maximum Gasteiger partial charge on any atom is 0.155 e. The van der Waals surface area contributed by atoms with Crippen LogP contribution in [-0.2, 0) is 14.3 Å². The van der Waals surface area contributed by atoms with Gasteiger partial charge < -0.3 is 14.6 Å². The summed E-state index contributed by atoms with van der Waals surface area (Å²) >= 11 is 0. The number of hydrogen-bond donors (Lipinski definition) is 1. The Balaban J connectivity index is 1.38. The van der Waals surface area contributed by atoms with Crippen LogP contribution in [0.4, 0.5) is 0 Å². The fourth-order valence-electron chi connectivity index (χ4n) is 8.26. The second-order valence-corrected chi connectivity index (χ2v) is 11.1. The van der Waals surface area contributed by atoms with Crippen molar-refractivity contribution in [1.29, 1.82) is 0 Å². The highest BCUT2D eigenvalue weighted by molar-refractivity contribution is 5.91. The van der Waals surface area contributed by atoms with Crippen molar-refractivity contribution in [3.63, 3.8) is 0 Å². The molecule has 3 fully saturated rings. The van der Waals surface area contributed by atoms with Gasteiger partial charge in [0, 0.05) is 26.2 Å². The quantitative estimate of drug-likeness (QED) is 0.376. The molecule has 4 nitrogen and oxygen atoms in total. The lowest BCUT2D eigenvalue weighted by atomic mass is 9.46. The molecule has 0 heterocycles. The van der Waals surface area contributed by atoms with Crippen LogP contribution in [0.15, 0.2) is 11.6 Å². The Bertz CT molecular complexity index is 672. The van der Waals surface area contributed by atoms with E-state index in [2.05, 4.69) is 6.92 Å². The summed E-state index contributed by atoms with van der Waals surface area (Å²) in [6, 6.07) is 0. The van der Waals surface area contributed by atoms with E-state index in [0.29, 0.717) is 36.8 Å². The van der Waals surface area contributed by atoms with E-state index in [1.54, 1.807) is 0 Å². The molecule has 1 unspecified atom stereocenters. The molecular formula is C27H44O4. The lowest BCUT2D eigenvalue weighted by Gasteiger charge is -2.58. The van der Waals surface area contributed by atoms with Gasteiger partial charge in [-0.3, -0.25) is 4.79 Å². The van der Waals surface area contributed by atoms with Gasteiger partial charge in [-0.1, -0.05) is 18.9 Å². The first-order chi connectivity index (χ1) is 14.9. The van der Waals surface area contributed by atoms with Crippen molar-refractivity contribution in [3.8, 4) is 0 Å². The summed E-state index contributed by atoms with van der Waals surface area (Å²) in [5, 5.41) is 10.7. The number of aliphatic hydroxyl groups is 1. The van der Waals surface area contributed by atoms with Crippen molar-refractivity contribution in [3.05, 3.63) is 11.6 Å². The van der Waals surface area contributed by atoms with E-state index in [-0.39, 0.29) is 17.1 Å². The summed E-state index contributed by atoms with van der Waals surface area (Å²) in [7, 11) is 0. The van der Waals surface area contributed by atoms with Crippen LogP contribution in [-0.4, -0.2) is 37.0 Å². The summed E-state index contributed by atoms with van der Waals surface area (Å²) in [6.45, 7) is 8.23. The highest BCUT2D eigenvalue weighted by atomic mass is 16.7. The van der Waals surface area contributed by atoms with Gasteiger partial charge in [-0.2, -0.15) is 0 Å². The maximum atomic E-state index is 12.0. The fraction of sp³-hybridized carbons (Fsp3) is 0.889. The average Bonchev–Trinajstić information content (AvgIpc) is 3.13. The number of unbranched alkanes of at least 4 members (excludes halogenated alkanes) is 1. The van der Waals surface area contributed by atoms with Crippen LogP contribution in [0, 0.1) is 34.5 Å². The number of ether oxygens (including phenoxy) is 2. The van der Waals surface area contributed by atoms with Gasteiger partial charge in [0.05, 0.1) is 0 Å². The molecule has 0 aromatic heterocycles. The molecule has 0 bridgehead atoms. The molecule has 31 heavy (non-hydrogen) atoms. The first-order valence-corrected chi connectivity index (χ1v) is 13.0. The predicted octanol–water partition coefficient (Wildman–Crippen LogP) is 5.68. The number of aliphatic hydroxyl groups excluding tert-OH is 1. The second-order valence-electron chi connectivity index (χ2n) is 11.1. The molecule has 0 saturated heterocycles. The Labute approximate surface area is 189 Å². The topological polar surface area (TPSA) is 55.8 Å². The van der Waals surface area contributed by atoms with Crippen LogP contribution in [0.3, 0.4) is 0 Å². The zero-order valence-corrected chi connectivity index (χ0v) is 20.0. The summed E-state index contributed by atoms with van der Waals surface area (Å²) in [6.07, 6.45) is 14.4. The molecule has 4 rings (SSSR count). The van der Waals surface area contributed by atoms with Gasteiger partial charge in [-0.25, -0.2) is 0 Å². The molecule has 0 aromatic rings. The monoisotopic (exact) mass is 432 g/mol. The van der Waals surface area contributed by atoms with Crippen molar-refractivity contribution in [1.82, 2.24) is 0 Å². The largest absolute Gasteiger partial charge is 0.396 e. The molecule has 0 aliphatic heterocycles. The third-order valence-electron chi connectivity index (χ3n) is 9.85. The smallest absolute Gasteiger partial charge is 0.155 e. The molecule has 4 aliphatic rings. The average molecular weight is 433 g/mol. The van der Waals surface area contributed by atoms with E-state index in [1.807, 2.05) is 19.9 Å². The van der Waals surface area contributed by atoms with Crippen molar-refractivity contribution >= 4 is 5.78 Å². The number of rotatable bonds is 9. The van der Waals surface area contributed by atoms with Crippen LogP contribution in [0.1, 0.15) is 91.4 Å². The Hall–Kier alpha value is -0.710. The van der Waals surface area contributed by atoms with Gasteiger partial charge in [-0.15, -0.1) is 0 Å². The summed E-state index contributed by atoms with van der Waals surface area (Å²) in [5.74, 6) is 3.11. The Morgan fingerprint density at radius 1 is 1.10 bits per heavy atom. The van der Waals surface area contributed by atoms with Gasteiger partial charge in [0.15, 0.2) is 12.1 Å². The minimum Gasteiger partial charge on any atom is -0.396 e. The molecule has 0 aromatic carbocycles. The number of carbonyl (C=O) groups is 1. The Kier molecular flexibility index (Phi) is 7.30. The van der Waals surface area contributed by atoms with Crippen LogP contribution in [0.25, 0.3) is 0 Å². The number of allylic oxidation sites excluding steroid dienone is 1. The lowest BCUT2D eigenvalue weighted by Crippen LogP contribution is -2.52. The van der Waals surface area contributed by atoms with Crippen LogP contribution >= 0.6 is 0 Å². The minimum absolute atomic E-state index is 0.110. The molecule has 4 heteroatoms. The summed E-state index contributed by atoms with van der Waals surface area (Å²) < 4.78 is 11.2. The highest BCUT2D eigenvalue weighted by Crippen LogP contribution is 2.67. The van der Waals surface area contributed by atoms with E-state index in [1.165, 1.54) is 50.5 Å². The first-order valence-electron chi connectivity index (χ1n) is 13.0. The Morgan fingerprint density at radius 2 is 1.94 bits per heavy atom. The van der Waals surface area contributed by atoms with Gasteiger partial charge in [0.2, 0.25) is 0 Å². The first kappa shape index (κ1) is 23.4. The van der Waals surface area contributed by atoms with E-state index in [0.717, 1.165) is 38.2 Å². The van der Waals surface area contributed by atoms with Crippen molar-refractivity contribution in [2.45, 2.75) is 97.7 Å². The van der Waals surface area contributed by atoms with Crippen LogP contribution < -0.4 is 0 Å². The van der Waals surface area contributed by atoms with Crippen LogP contribution in [0.5, 0.6) is 0 Å². The van der Waals surface area contributed by atoms with Crippen molar-refractivity contribution in [2.75, 3.05) is 19.8 Å². The second kappa shape index (κ2) is 9.65. The molecule has 7 atom stereocenters. The van der Waals surface area contributed by atoms with Crippen LogP contribution in [0.2, 0.25) is 0 Å². The Morgan fingerprint density at radius 3 is 2.71 bits per heavy atom. The number of ketones is 1. The van der Waals surface area contributed by atoms with E-state index in [4.69, 9.17) is 9.47 Å².